The van der Waals surface area contributed by atoms with E-state index >= 15 is 0 Å². The maximum Gasteiger partial charge on any atom is 0.123 e. The number of thiazole rings is 1. The van der Waals surface area contributed by atoms with E-state index in [4.69, 9.17) is 11.6 Å². The van der Waals surface area contributed by atoms with Crippen LogP contribution in [-0.4, -0.2) is 4.98 Å². The summed E-state index contributed by atoms with van der Waals surface area (Å²) >= 11 is 9.32. The van der Waals surface area contributed by atoms with Gasteiger partial charge >= 0.3 is 0 Å². The van der Waals surface area contributed by atoms with Gasteiger partial charge in [-0.15, -0.1) is 22.7 Å². The molecule has 0 saturated heterocycles. The van der Waals surface area contributed by atoms with E-state index in [9.17, 15) is 4.39 Å². The average molecular weight is 415 g/mol. The van der Waals surface area contributed by atoms with Crippen LogP contribution in [0.4, 0.5) is 4.39 Å². The maximum absolute atomic E-state index is 13.1. The fourth-order valence-electron chi connectivity index (χ4n) is 2.81. The Bertz CT molecular complexity index is 996. The van der Waals surface area contributed by atoms with Crippen molar-refractivity contribution in [3.8, 4) is 10.6 Å². The first-order valence-electron chi connectivity index (χ1n) is 8.41. The van der Waals surface area contributed by atoms with E-state index < -0.39 is 0 Å². The van der Waals surface area contributed by atoms with Gasteiger partial charge in [0.1, 0.15) is 10.8 Å². The molecule has 0 amide bonds. The van der Waals surface area contributed by atoms with Gasteiger partial charge in [-0.3, -0.25) is 5.32 Å². The standard InChI is InChI=1S/C21H16ClFN2S2/c22-16-7-3-14(4-8-16)20(19-2-1-11-26-19)24-12-18-13-27-21(25-18)15-5-9-17(23)10-6-15/h1-11,13,20,24H,12H2. The molecule has 4 rings (SSSR count). The number of thiophene rings is 1. The number of hydrogen-bond donors (Lipinski definition) is 1. The molecule has 0 fully saturated rings. The van der Waals surface area contributed by atoms with Crippen LogP contribution in [-0.2, 0) is 6.54 Å². The fraction of sp³-hybridized carbons (Fsp3) is 0.0952. The van der Waals surface area contributed by atoms with Crippen molar-refractivity contribution in [3.05, 3.63) is 98.4 Å². The Morgan fingerprint density at radius 1 is 1.00 bits per heavy atom. The largest absolute Gasteiger partial charge is 0.300 e. The van der Waals surface area contributed by atoms with Crippen LogP contribution in [0.2, 0.25) is 5.02 Å². The highest BCUT2D eigenvalue weighted by Gasteiger charge is 2.15. The molecule has 4 aromatic rings. The van der Waals surface area contributed by atoms with Crippen LogP contribution in [0.1, 0.15) is 22.2 Å². The van der Waals surface area contributed by atoms with E-state index in [2.05, 4.69) is 27.8 Å². The molecule has 0 aliphatic heterocycles. The van der Waals surface area contributed by atoms with Gasteiger partial charge in [-0.1, -0.05) is 29.8 Å². The number of nitrogens with zero attached hydrogens (tertiary/aromatic N) is 1. The van der Waals surface area contributed by atoms with Gasteiger partial charge in [-0.2, -0.15) is 0 Å². The fourth-order valence-corrected chi connectivity index (χ4v) is 4.59. The number of nitrogens with one attached hydrogen (secondary N) is 1. The molecule has 2 aromatic heterocycles. The second-order valence-electron chi connectivity index (χ2n) is 6.03. The summed E-state index contributed by atoms with van der Waals surface area (Å²) < 4.78 is 13.1. The second-order valence-corrected chi connectivity index (χ2v) is 8.31. The van der Waals surface area contributed by atoms with E-state index in [1.807, 2.05) is 29.6 Å². The van der Waals surface area contributed by atoms with Crippen molar-refractivity contribution in [1.29, 1.82) is 0 Å². The van der Waals surface area contributed by atoms with E-state index in [-0.39, 0.29) is 11.9 Å². The Morgan fingerprint density at radius 3 is 2.48 bits per heavy atom. The molecule has 0 aliphatic rings. The van der Waals surface area contributed by atoms with E-state index in [1.54, 1.807) is 34.8 Å². The van der Waals surface area contributed by atoms with Gasteiger partial charge in [0.15, 0.2) is 0 Å². The van der Waals surface area contributed by atoms with E-state index in [0.717, 1.165) is 26.9 Å². The predicted molar refractivity (Wildman–Crippen MR) is 112 cm³/mol. The van der Waals surface area contributed by atoms with Crippen LogP contribution in [0.5, 0.6) is 0 Å². The van der Waals surface area contributed by atoms with Crippen LogP contribution in [0, 0.1) is 5.82 Å². The first-order valence-corrected chi connectivity index (χ1v) is 10.6. The number of aromatic nitrogens is 1. The minimum atomic E-state index is -0.237. The Kier molecular flexibility index (Phi) is 5.64. The highest BCUT2D eigenvalue weighted by Crippen LogP contribution is 2.28. The summed E-state index contributed by atoms with van der Waals surface area (Å²) in [4.78, 5) is 5.93. The van der Waals surface area contributed by atoms with Crippen molar-refractivity contribution >= 4 is 34.3 Å². The van der Waals surface area contributed by atoms with Crippen molar-refractivity contribution in [2.45, 2.75) is 12.6 Å². The van der Waals surface area contributed by atoms with Crippen molar-refractivity contribution in [2.24, 2.45) is 0 Å². The topological polar surface area (TPSA) is 24.9 Å². The third-order valence-corrected chi connectivity index (χ3v) is 6.29. The summed E-state index contributed by atoms with van der Waals surface area (Å²) in [5.41, 5.74) is 3.06. The zero-order chi connectivity index (χ0) is 18.6. The lowest BCUT2D eigenvalue weighted by Gasteiger charge is -2.17. The van der Waals surface area contributed by atoms with Crippen LogP contribution in [0.3, 0.4) is 0 Å². The lowest BCUT2D eigenvalue weighted by Crippen LogP contribution is -2.21. The van der Waals surface area contributed by atoms with Gasteiger partial charge in [-0.25, -0.2) is 9.37 Å². The quantitative estimate of drug-likeness (QED) is 0.387. The van der Waals surface area contributed by atoms with Crippen molar-refractivity contribution in [2.75, 3.05) is 0 Å². The van der Waals surface area contributed by atoms with Gasteiger partial charge < -0.3 is 0 Å². The highest BCUT2D eigenvalue weighted by atomic mass is 35.5. The van der Waals surface area contributed by atoms with Gasteiger partial charge in [0.2, 0.25) is 0 Å². The maximum atomic E-state index is 13.1. The molecule has 6 heteroatoms. The SMILES string of the molecule is Fc1ccc(-c2nc(CNC(c3ccc(Cl)cc3)c3cccs3)cs2)cc1. The summed E-state index contributed by atoms with van der Waals surface area (Å²) in [5, 5.41) is 9.34. The van der Waals surface area contributed by atoms with Crippen molar-refractivity contribution in [3.63, 3.8) is 0 Å². The summed E-state index contributed by atoms with van der Waals surface area (Å²) in [5.74, 6) is -0.237. The Balaban J connectivity index is 1.51. The first kappa shape index (κ1) is 18.3. The van der Waals surface area contributed by atoms with Crippen LogP contribution in [0.25, 0.3) is 10.6 Å². The Labute approximate surface area is 170 Å². The second kappa shape index (κ2) is 8.31. The third-order valence-electron chi connectivity index (χ3n) is 4.16. The average Bonchev–Trinajstić information content (AvgIpc) is 3.36. The first-order chi connectivity index (χ1) is 13.2. The number of halogens is 2. The molecule has 0 radical (unpaired) electrons. The van der Waals surface area contributed by atoms with Gasteiger partial charge in [0, 0.05) is 27.4 Å². The summed E-state index contributed by atoms with van der Waals surface area (Å²) in [6, 6.07) is 18.6. The lowest BCUT2D eigenvalue weighted by atomic mass is 10.1. The van der Waals surface area contributed by atoms with Gasteiger partial charge in [0.25, 0.3) is 0 Å². The molecule has 0 aliphatic carbocycles. The third kappa shape index (κ3) is 4.45. The highest BCUT2D eigenvalue weighted by molar-refractivity contribution is 7.13. The number of hydrogen-bond acceptors (Lipinski definition) is 4. The molecule has 2 nitrogen and oxygen atoms in total. The van der Waals surface area contributed by atoms with Gasteiger partial charge in [-0.05, 0) is 53.4 Å². The minimum absolute atomic E-state index is 0.0817. The van der Waals surface area contributed by atoms with E-state index in [1.165, 1.54) is 17.0 Å². The molecule has 1 unspecified atom stereocenters. The van der Waals surface area contributed by atoms with Crippen molar-refractivity contribution < 1.29 is 4.39 Å². The monoisotopic (exact) mass is 414 g/mol. The molecule has 0 saturated carbocycles. The summed E-state index contributed by atoms with van der Waals surface area (Å²) in [6.07, 6.45) is 0. The molecular weight excluding hydrogens is 399 g/mol. The summed E-state index contributed by atoms with van der Waals surface area (Å²) in [7, 11) is 0. The molecule has 0 bridgehead atoms. The molecule has 27 heavy (non-hydrogen) atoms. The zero-order valence-corrected chi connectivity index (χ0v) is 16.6. The molecule has 1 N–H and O–H groups in total. The Morgan fingerprint density at radius 2 is 1.78 bits per heavy atom. The van der Waals surface area contributed by atoms with Crippen LogP contribution in [0.15, 0.2) is 71.4 Å². The van der Waals surface area contributed by atoms with Crippen molar-refractivity contribution in [1.82, 2.24) is 10.3 Å². The molecule has 2 heterocycles. The minimum Gasteiger partial charge on any atom is -0.300 e. The zero-order valence-electron chi connectivity index (χ0n) is 14.2. The Hall–Kier alpha value is -2.05. The van der Waals surface area contributed by atoms with Crippen LogP contribution < -0.4 is 5.32 Å². The lowest BCUT2D eigenvalue weighted by molar-refractivity contribution is 0.606. The van der Waals surface area contributed by atoms with Gasteiger partial charge in [0.05, 0.1) is 11.7 Å². The summed E-state index contributed by atoms with van der Waals surface area (Å²) in [6.45, 7) is 0.642. The molecule has 0 spiro atoms. The molecular formula is C21H16ClFN2S2. The molecule has 2 aromatic carbocycles. The number of rotatable bonds is 6. The smallest absolute Gasteiger partial charge is 0.123 e. The van der Waals surface area contributed by atoms with Crippen LogP contribution >= 0.6 is 34.3 Å². The number of benzene rings is 2. The predicted octanol–water partition coefficient (Wildman–Crippen LogP) is 6.54. The molecule has 136 valence electrons. The van der Waals surface area contributed by atoms with E-state index in [0.29, 0.717) is 6.54 Å². The molecule has 1 atom stereocenters. The normalized spacial score (nSPS) is 12.2.